The number of hydrogen-bond donors (Lipinski definition) is 1. The van der Waals surface area contributed by atoms with E-state index in [2.05, 4.69) is 5.32 Å². The fourth-order valence-electron chi connectivity index (χ4n) is 3.30. The second-order valence-electron chi connectivity index (χ2n) is 7.18. The first-order valence-corrected chi connectivity index (χ1v) is 11.0. The van der Waals surface area contributed by atoms with Gasteiger partial charge >= 0.3 is 0 Å². The van der Waals surface area contributed by atoms with Crippen LogP contribution in [0.4, 0.5) is 5.82 Å². The Balaban J connectivity index is 2.64. The number of methoxy groups -OCH3 is 1. The molecule has 2 aromatic rings. The van der Waals surface area contributed by atoms with Crippen molar-refractivity contribution in [1.82, 2.24) is 4.57 Å². The van der Waals surface area contributed by atoms with Gasteiger partial charge in [-0.15, -0.1) is 0 Å². The molecule has 0 radical (unpaired) electrons. The number of aromatic nitrogens is 1. The van der Waals surface area contributed by atoms with Crippen molar-refractivity contribution >= 4 is 21.6 Å². The van der Waals surface area contributed by atoms with Gasteiger partial charge in [0.25, 0.3) is 0 Å². The van der Waals surface area contributed by atoms with Crippen LogP contribution in [0.25, 0.3) is 0 Å². The maximum Gasteiger partial charge on any atom is 0.225 e. The summed E-state index contributed by atoms with van der Waals surface area (Å²) in [7, 11) is -2.29. The van der Waals surface area contributed by atoms with Crippen LogP contribution in [-0.2, 0) is 14.6 Å². The second kappa shape index (κ2) is 8.82. The summed E-state index contributed by atoms with van der Waals surface area (Å²) in [6.45, 7) is 9.62. The Kier molecular flexibility index (Phi) is 6.93. The summed E-state index contributed by atoms with van der Waals surface area (Å²) in [6.07, 6.45) is 2.01. The van der Waals surface area contributed by atoms with E-state index in [9.17, 15) is 13.2 Å². The number of sulfone groups is 1. The van der Waals surface area contributed by atoms with Gasteiger partial charge in [-0.1, -0.05) is 13.3 Å². The summed E-state index contributed by atoms with van der Waals surface area (Å²) < 4.78 is 33.9. The number of hydrogen-bond acceptors (Lipinski definition) is 4. The van der Waals surface area contributed by atoms with E-state index >= 15 is 0 Å². The predicted molar refractivity (Wildman–Crippen MR) is 111 cm³/mol. The summed E-state index contributed by atoms with van der Waals surface area (Å²) in [4.78, 5) is 12.8. The lowest BCUT2D eigenvalue weighted by Crippen LogP contribution is -2.18. The molecule has 0 atom stereocenters. The average Bonchev–Trinajstić information content (AvgIpc) is 2.90. The molecule has 1 N–H and O–H groups in total. The van der Waals surface area contributed by atoms with E-state index in [0.29, 0.717) is 23.6 Å². The molecule has 6 nitrogen and oxygen atoms in total. The standard InChI is InChI=1S/C21H30N2O4S/c1-7-8-9-19(24)22-21-20(15(4)16(5)23(21)14(2)3)28(25,26)18-12-10-17(27-6)11-13-18/h10-14H,7-9H2,1-6H3,(H,22,24). The first kappa shape index (κ1) is 22.0. The Labute approximate surface area is 167 Å². The van der Waals surface area contributed by atoms with Crippen LogP contribution in [0.1, 0.15) is 57.3 Å². The predicted octanol–water partition coefficient (Wildman–Crippen LogP) is 4.66. The molecule has 0 aliphatic carbocycles. The summed E-state index contributed by atoms with van der Waals surface area (Å²) in [5.41, 5.74) is 1.48. The fourth-order valence-corrected chi connectivity index (χ4v) is 4.98. The van der Waals surface area contributed by atoms with Crippen molar-refractivity contribution < 1.29 is 17.9 Å². The molecular weight excluding hydrogens is 376 g/mol. The Morgan fingerprint density at radius 2 is 1.79 bits per heavy atom. The number of unbranched alkanes of at least 4 members (excludes halogenated alkanes) is 1. The number of nitrogens with one attached hydrogen (secondary N) is 1. The largest absolute Gasteiger partial charge is 0.497 e. The van der Waals surface area contributed by atoms with Crippen molar-refractivity contribution in [1.29, 1.82) is 0 Å². The molecular formula is C21H30N2O4S. The molecule has 1 aromatic carbocycles. The molecule has 0 spiro atoms. The molecule has 1 amide bonds. The molecule has 0 saturated heterocycles. The van der Waals surface area contributed by atoms with Gasteiger partial charge in [0.15, 0.2) is 0 Å². The van der Waals surface area contributed by atoms with Crippen molar-refractivity contribution in [3.05, 3.63) is 35.5 Å². The molecule has 0 unspecified atom stereocenters. The molecule has 0 bridgehead atoms. The van der Waals surface area contributed by atoms with Crippen molar-refractivity contribution in [3.63, 3.8) is 0 Å². The summed E-state index contributed by atoms with van der Waals surface area (Å²) >= 11 is 0. The number of ether oxygens (including phenoxy) is 1. The molecule has 0 aliphatic heterocycles. The monoisotopic (exact) mass is 406 g/mol. The van der Waals surface area contributed by atoms with Crippen molar-refractivity contribution in [3.8, 4) is 5.75 Å². The number of rotatable bonds is 8. The first-order chi connectivity index (χ1) is 13.1. The van der Waals surface area contributed by atoms with E-state index in [-0.39, 0.29) is 21.7 Å². The third kappa shape index (κ3) is 4.24. The van der Waals surface area contributed by atoms with E-state index < -0.39 is 9.84 Å². The van der Waals surface area contributed by atoms with Gasteiger partial charge < -0.3 is 14.6 Å². The van der Waals surface area contributed by atoms with Gasteiger partial charge in [0.05, 0.1) is 12.0 Å². The Bertz CT molecular complexity index is 942. The Morgan fingerprint density at radius 3 is 2.29 bits per heavy atom. The molecule has 28 heavy (non-hydrogen) atoms. The normalized spacial score (nSPS) is 11.7. The first-order valence-electron chi connectivity index (χ1n) is 9.55. The fraction of sp³-hybridized carbons (Fsp3) is 0.476. The topological polar surface area (TPSA) is 77.4 Å². The lowest BCUT2D eigenvalue weighted by atomic mass is 10.2. The summed E-state index contributed by atoms with van der Waals surface area (Å²) in [5, 5.41) is 2.88. The zero-order chi connectivity index (χ0) is 21.1. The van der Waals surface area contributed by atoms with Gasteiger partial charge in [0.2, 0.25) is 15.7 Å². The highest BCUT2D eigenvalue weighted by molar-refractivity contribution is 7.91. The van der Waals surface area contributed by atoms with Crippen LogP contribution >= 0.6 is 0 Å². The Morgan fingerprint density at radius 1 is 1.18 bits per heavy atom. The Hall–Kier alpha value is -2.28. The van der Waals surface area contributed by atoms with Crippen molar-refractivity contribution in [2.45, 2.75) is 69.7 Å². The summed E-state index contributed by atoms with van der Waals surface area (Å²) in [5.74, 6) is 0.758. The van der Waals surface area contributed by atoms with E-state index in [1.54, 1.807) is 19.1 Å². The van der Waals surface area contributed by atoms with Crippen LogP contribution in [0, 0.1) is 13.8 Å². The average molecular weight is 407 g/mol. The minimum Gasteiger partial charge on any atom is -0.497 e. The van der Waals surface area contributed by atoms with Crippen LogP contribution in [0.3, 0.4) is 0 Å². The molecule has 1 heterocycles. The van der Waals surface area contributed by atoms with E-state index in [1.165, 1.54) is 19.2 Å². The maximum absolute atomic E-state index is 13.5. The lowest BCUT2D eigenvalue weighted by molar-refractivity contribution is -0.116. The number of nitrogens with zero attached hydrogens (tertiary/aromatic N) is 1. The van der Waals surface area contributed by atoms with Gasteiger partial charge in [0.1, 0.15) is 16.5 Å². The third-order valence-electron chi connectivity index (χ3n) is 4.87. The van der Waals surface area contributed by atoms with Crippen molar-refractivity contribution in [2.24, 2.45) is 0 Å². The minimum atomic E-state index is -3.82. The van der Waals surface area contributed by atoms with Gasteiger partial charge in [-0.05, 0) is 63.9 Å². The van der Waals surface area contributed by atoms with Crippen LogP contribution in [0.15, 0.2) is 34.1 Å². The van der Waals surface area contributed by atoms with E-state index in [4.69, 9.17) is 4.74 Å². The van der Waals surface area contributed by atoms with Gasteiger partial charge in [-0.2, -0.15) is 0 Å². The quantitative estimate of drug-likeness (QED) is 0.692. The molecule has 0 aliphatic rings. The maximum atomic E-state index is 13.5. The number of amides is 1. The molecule has 2 rings (SSSR count). The minimum absolute atomic E-state index is 0.00000692. The molecule has 0 fully saturated rings. The second-order valence-corrected chi connectivity index (χ2v) is 9.07. The number of benzene rings is 1. The van der Waals surface area contributed by atoms with Gasteiger partial charge in [-0.25, -0.2) is 8.42 Å². The SMILES string of the molecule is CCCCC(=O)Nc1c(S(=O)(=O)c2ccc(OC)cc2)c(C)c(C)n1C(C)C. The van der Waals surface area contributed by atoms with Crippen LogP contribution in [0.5, 0.6) is 5.75 Å². The molecule has 7 heteroatoms. The number of carbonyl (C=O) groups is 1. The van der Waals surface area contributed by atoms with Crippen LogP contribution in [-0.4, -0.2) is 26.0 Å². The highest BCUT2D eigenvalue weighted by Gasteiger charge is 2.31. The number of carbonyl (C=O) groups excluding carboxylic acids is 1. The van der Waals surface area contributed by atoms with Gasteiger partial charge in [-0.3, -0.25) is 4.79 Å². The summed E-state index contributed by atoms with van der Waals surface area (Å²) in [6, 6.07) is 6.29. The zero-order valence-corrected chi connectivity index (χ0v) is 18.3. The highest BCUT2D eigenvalue weighted by Crippen LogP contribution is 2.37. The number of anilines is 1. The third-order valence-corrected chi connectivity index (χ3v) is 6.80. The molecule has 0 saturated carbocycles. The van der Waals surface area contributed by atoms with Crippen LogP contribution in [0.2, 0.25) is 0 Å². The van der Waals surface area contributed by atoms with E-state index in [1.807, 2.05) is 32.3 Å². The van der Waals surface area contributed by atoms with Gasteiger partial charge in [0, 0.05) is 18.2 Å². The van der Waals surface area contributed by atoms with E-state index in [0.717, 1.165) is 18.5 Å². The van der Waals surface area contributed by atoms with Crippen LogP contribution < -0.4 is 10.1 Å². The smallest absolute Gasteiger partial charge is 0.225 e. The lowest BCUT2D eigenvalue weighted by Gasteiger charge is -2.17. The highest BCUT2D eigenvalue weighted by atomic mass is 32.2. The van der Waals surface area contributed by atoms with Crippen molar-refractivity contribution in [2.75, 3.05) is 12.4 Å². The molecule has 154 valence electrons. The molecule has 1 aromatic heterocycles. The zero-order valence-electron chi connectivity index (χ0n) is 17.5.